The minimum Gasteiger partial charge on any atom is -0.486 e. The molecule has 4 heterocycles. The first kappa shape index (κ1) is 24.5. The largest absolute Gasteiger partial charge is 0.486 e. The molecular weight excluding hydrogens is 474 g/mol. The normalized spacial score (nSPS) is 28.5. The summed E-state index contributed by atoms with van der Waals surface area (Å²) in [5, 5.41) is 6.57. The molecule has 4 atom stereocenters. The number of ether oxygens (including phenoxy) is 1. The number of anilines is 2. The number of nitrogen functional groups attached to an aromatic ring is 1. The first-order chi connectivity index (χ1) is 16.7. The zero-order valence-corrected chi connectivity index (χ0v) is 20.9. The first-order valence-electron chi connectivity index (χ1n) is 12.4. The quantitative estimate of drug-likeness (QED) is 0.553. The average Bonchev–Trinajstić information content (AvgIpc) is 3.28. The van der Waals surface area contributed by atoms with Gasteiger partial charge in [0.1, 0.15) is 23.7 Å². The van der Waals surface area contributed by atoms with Gasteiger partial charge in [0.25, 0.3) is 0 Å². The summed E-state index contributed by atoms with van der Waals surface area (Å²) in [4.78, 5) is 10.9. The van der Waals surface area contributed by atoms with Gasteiger partial charge in [0, 0.05) is 29.7 Å². The molecule has 1 aromatic heterocycles. The maximum absolute atomic E-state index is 15.6. The van der Waals surface area contributed by atoms with E-state index in [2.05, 4.69) is 39.3 Å². The summed E-state index contributed by atoms with van der Waals surface area (Å²) in [5.41, 5.74) is 6.52. The smallest absolute Gasteiger partial charge is 0.222 e. The van der Waals surface area contributed by atoms with Crippen LogP contribution in [0.2, 0.25) is 5.02 Å². The van der Waals surface area contributed by atoms with E-state index in [9.17, 15) is 4.39 Å². The maximum Gasteiger partial charge on any atom is 0.222 e. The van der Waals surface area contributed by atoms with Crippen LogP contribution in [0.25, 0.3) is 11.3 Å². The lowest BCUT2D eigenvalue weighted by atomic mass is 9.84. The summed E-state index contributed by atoms with van der Waals surface area (Å²) in [6, 6.07) is 5.42. The molecule has 3 aliphatic heterocycles. The summed E-state index contributed by atoms with van der Waals surface area (Å²) in [6.07, 6.45) is 3.03. The van der Waals surface area contributed by atoms with Crippen LogP contribution in [0.15, 0.2) is 18.2 Å². The number of alkyl halides is 1. The van der Waals surface area contributed by atoms with Gasteiger partial charge >= 0.3 is 0 Å². The fourth-order valence-corrected chi connectivity index (χ4v) is 6.13. The van der Waals surface area contributed by atoms with Crippen LogP contribution in [0.1, 0.15) is 46.0 Å². The molecular formula is C25H33ClF2N6O. The van der Waals surface area contributed by atoms with Crippen molar-refractivity contribution in [3.05, 3.63) is 29.0 Å². The number of piperidine rings is 2. The third-order valence-corrected chi connectivity index (χ3v) is 7.79. The number of benzene rings is 1. The van der Waals surface area contributed by atoms with E-state index in [4.69, 9.17) is 22.1 Å². The summed E-state index contributed by atoms with van der Waals surface area (Å²) < 4.78 is 35.6. The lowest BCUT2D eigenvalue weighted by Gasteiger charge is -2.47. The van der Waals surface area contributed by atoms with Crippen LogP contribution in [-0.4, -0.2) is 64.4 Å². The lowest BCUT2D eigenvalue weighted by molar-refractivity contribution is 0.0500. The van der Waals surface area contributed by atoms with Gasteiger partial charge in [-0.3, -0.25) is 4.90 Å². The second-order valence-corrected chi connectivity index (χ2v) is 10.9. The highest BCUT2D eigenvalue weighted by Gasteiger charge is 2.43. The molecule has 0 unspecified atom stereocenters. The zero-order valence-electron chi connectivity index (χ0n) is 20.2. The number of fused-ring (bicyclic) bond motifs is 1. The van der Waals surface area contributed by atoms with Crippen LogP contribution >= 0.6 is 11.6 Å². The SMILES string of the molecule is CC1(C)C[C@H](Nc2nc(N)nc(-c3ccc(O[C@H]4CCNC[C@@H]4F)c(Cl)c3)c2F)C[C@@H]2CCCN21. The van der Waals surface area contributed by atoms with Crippen molar-refractivity contribution in [2.24, 2.45) is 0 Å². The molecule has 0 aliphatic carbocycles. The van der Waals surface area contributed by atoms with Gasteiger partial charge in [-0.1, -0.05) is 11.6 Å². The van der Waals surface area contributed by atoms with Gasteiger partial charge in [0.15, 0.2) is 11.6 Å². The molecule has 4 N–H and O–H groups in total. The van der Waals surface area contributed by atoms with E-state index in [1.807, 2.05) is 0 Å². The van der Waals surface area contributed by atoms with Crippen molar-refractivity contribution in [1.82, 2.24) is 20.2 Å². The van der Waals surface area contributed by atoms with E-state index in [0.717, 1.165) is 25.8 Å². The Morgan fingerprint density at radius 1 is 1.29 bits per heavy atom. The number of halogens is 3. The standard InChI is InChI=1S/C25H33ClF2N6O/c1-25(2)12-15(11-16-4-3-9-34(16)25)31-23-21(28)22(32-24(29)33-23)14-5-6-19(17(26)10-14)35-20-7-8-30-13-18(20)27/h5-6,10,15-16,18,20,30H,3-4,7-9,11-13H2,1-2H3,(H3,29,31,32,33)/t15-,16+,18+,20+/m1/s1. The number of nitrogens with two attached hydrogens (primary N) is 1. The molecule has 5 rings (SSSR count). The molecule has 10 heteroatoms. The first-order valence-corrected chi connectivity index (χ1v) is 12.8. The number of nitrogens with one attached hydrogen (secondary N) is 2. The third kappa shape index (κ3) is 5.04. The Morgan fingerprint density at radius 2 is 2.11 bits per heavy atom. The van der Waals surface area contributed by atoms with E-state index in [1.54, 1.807) is 18.2 Å². The van der Waals surface area contributed by atoms with Crippen molar-refractivity contribution in [3.63, 3.8) is 0 Å². The molecule has 0 radical (unpaired) electrons. The van der Waals surface area contributed by atoms with Crippen molar-refractivity contribution in [3.8, 4) is 17.0 Å². The van der Waals surface area contributed by atoms with Gasteiger partial charge in [-0.25, -0.2) is 13.8 Å². The Morgan fingerprint density at radius 3 is 2.89 bits per heavy atom. The number of rotatable bonds is 5. The predicted molar refractivity (Wildman–Crippen MR) is 134 cm³/mol. The molecule has 0 spiro atoms. The highest BCUT2D eigenvalue weighted by atomic mass is 35.5. The van der Waals surface area contributed by atoms with E-state index in [-0.39, 0.29) is 40.6 Å². The Hall–Kier alpha value is -2.23. The van der Waals surface area contributed by atoms with Crippen molar-refractivity contribution >= 4 is 23.4 Å². The molecule has 7 nitrogen and oxygen atoms in total. The Kier molecular flexibility index (Phi) is 6.76. The molecule has 3 fully saturated rings. The lowest BCUT2D eigenvalue weighted by Crippen LogP contribution is -2.55. The second kappa shape index (κ2) is 9.67. The molecule has 0 amide bonds. The monoisotopic (exact) mass is 506 g/mol. The van der Waals surface area contributed by atoms with Gasteiger partial charge in [-0.2, -0.15) is 4.98 Å². The van der Waals surface area contributed by atoms with E-state index >= 15 is 4.39 Å². The van der Waals surface area contributed by atoms with Crippen molar-refractivity contribution < 1.29 is 13.5 Å². The van der Waals surface area contributed by atoms with Crippen LogP contribution in [0.5, 0.6) is 5.75 Å². The van der Waals surface area contributed by atoms with Crippen molar-refractivity contribution in [2.75, 3.05) is 30.7 Å². The molecule has 2 aromatic rings. The van der Waals surface area contributed by atoms with Gasteiger partial charge in [0.2, 0.25) is 5.95 Å². The topological polar surface area (TPSA) is 88.3 Å². The molecule has 190 valence electrons. The minimum atomic E-state index is -1.12. The number of hydrogen-bond acceptors (Lipinski definition) is 7. The van der Waals surface area contributed by atoms with Gasteiger partial charge < -0.3 is 21.1 Å². The second-order valence-electron chi connectivity index (χ2n) is 10.5. The average molecular weight is 507 g/mol. The van der Waals surface area contributed by atoms with Crippen molar-refractivity contribution in [2.45, 2.75) is 75.8 Å². The Balaban J connectivity index is 1.36. The third-order valence-electron chi connectivity index (χ3n) is 7.50. The number of aromatic nitrogens is 2. The molecule has 1 aromatic carbocycles. The number of hydrogen-bond donors (Lipinski definition) is 3. The summed E-state index contributed by atoms with van der Waals surface area (Å²) in [6.45, 7) is 6.54. The van der Waals surface area contributed by atoms with Crippen molar-refractivity contribution in [1.29, 1.82) is 0 Å². The van der Waals surface area contributed by atoms with Crippen LogP contribution < -0.4 is 21.1 Å². The molecule has 0 saturated carbocycles. The Bertz CT molecular complexity index is 1090. The maximum atomic E-state index is 15.6. The van der Waals surface area contributed by atoms with Crippen LogP contribution in [0, 0.1) is 5.82 Å². The molecule has 0 bridgehead atoms. The zero-order chi connectivity index (χ0) is 24.7. The summed E-state index contributed by atoms with van der Waals surface area (Å²) in [7, 11) is 0. The highest BCUT2D eigenvalue weighted by Crippen LogP contribution is 2.39. The molecule has 3 saturated heterocycles. The molecule has 3 aliphatic rings. The number of nitrogens with zero attached hydrogens (tertiary/aromatic N) is 3. The van der Waals surface area contributed by atoms with Gasteiger partial charge in [-0.15, -0.1) is 0 Å². The van der Waals surface area contributed by atoms with E-state index in [0.29, 0.717) is 30.3 Å². The Labute approximate surface area is 209 Å². The fraction of sp³-hybridized carbons (Fsp3) is 0.600. The van der Waals surface area contributed by atoms with Crippen LogP contribution in [-0.2, 0) is 0 Å². The van der Waals surface area contributed by atoms with Crippen LogP contribution in [0.3, 0.4) is 0 Å². The summed E-state index contributed by atoms with van der Waals surface area (Å²) in [5.74, 6) is -0.131. The van der Waals surface area contributed by atoms with Crippen LogP contribution in [0.4, 0.5) is 20.5 Å². The predicted octanol–water partition coefficient (Wildman–Crippen LogP) is 4.41. The van der Waals surface area contributed by atoms with E-state index < -0.39 is 18.1 Å². The van der Waals surface area contributed by atoms with Gasteiger partial charge in [0.05, 0.1) is 5.02 Å². The molecule has 35 heavy (non-hydrogen) atoms. The fourth-order valence-electron chi connectivity index (χ4n) is 5.90. The van der Waals surface area contributed by atoms with E-state index in [1.165, 1.54) is 6.42 Å². The minimum absolute atomic E-state index is 0.0205. The van der Waals surface area contributed by atoms with Gasteiger partial charge in [-0.05, 0) is 77.2 Å². The highest BCUT2D eigenvalue weighted by molar-refractivity contribution is 6.32. The summed E-state index contributed by atoms with van der Waals surface area (Å²) >= 11 is 6.44.